The molecule has 1 saturated heterocycles. The van der Waals surface area contributed by atoms with Gasteiger partial charge in [-0.05, 0) is 31.1 Å². The van der Waals surface area contributed by atoms with Crippen LogP contribution in [0.5, 0.6) is 0 Å². The zero-order valence-corrected chi connectivity index (χ0v) is 17.9. The van der Waals surface area contributed by atoms with Crippen molar-refractivity contribution in [3.63, 3.8) is 0 Å². The van der Waals surface area contributed by atoms with Gasteiger partial charge in [0, 0.05) is 25.3 Å². The van der Waals surface area contributed by atoms with Gasteiger partial charge < -0.3 is 30.7 Å². The van der Waals surface area contributed by atoms with Gasteiger partial charge in [-0.2, -0.15) is 0 Å². The molecular weight excluding hydrogens is 416 g/mol. The van der Waals surface area contributed by atoms with Crippen LogP contribution in [0.4, 0.5) is 0 Å². The minimum absolute atomic E-state index is 0.000533. The Hall–Kier alpha value is -3.24. The zero-order chi connectivity index (χ0) is 23.1. The first-order valence-corrected chi connectivity index (χ1v) is 10.5. The molecule has 2 aliphatic heterocycles. The fraction of sp³-hybridized carbons (Fsp3) is 0.455. The summed E-state index contributed by atoms with van der Waals surface area (Å²) in [6, 6.07) is 7.39. The molecule has 0 radical (unpaired) electrons. The highest BCUT2D eigenvalue weighted by molar-refractivity contribution is 5.94. The first-order chi connectivity index (χ1) is 15.4. The Labute approximate surface area is 186 Å². The highest BCUT2D eigenvalue weighted by Crippen LogP contribution is 2.17. The lowest BCUT2D eigenvalue weighted by atomic mass is 10.1. The van der Waals surface area contributed by atoms with Crippen LogP contribution in [-0.4, -0.2) is 73.2 Å². The Morgan fingerprint density at radius 3 is 2.72 bits per heavy atom. The number of benzene rings is 1. The number of rotatable bonds is 8. The minimum Gasteiger partial charge on any atom is -0.433 e. The van der Waals surface area contributed by atoms with Crippen molar-refractivity contribution in [1.29, 1.82) is 0 Å². The van der Waals surface area contributed by atoms with Gasteiger partial charge in [-0.25, -0.2) is 0 Å². The summed E-state index contributed by atoms with van der Waals surface area (Å²) in [7, 11) is 0. The number of nitrogens with zero attached hydrogens (tertiary/aromatic N) is 1. The summed E-state index contributed by atoms with van der Waals surface area (Å²) in [4.78, 5) is 50.4. The van der Waals surface area contributed by atoms with E-state index in [1.165, 1.54) is 4.90 Å². The Morgan fingerprint density at radius 1 is 1.25 bits per heavy atom. The molecule has 4 N–H and O–H groups in total. The molecule has 10 heteroatoms. The van der Waals surface area contributed by atoms with Gasteiger partial charge in [0.1, 0.15) is 6.04 Å². The fourth-order valence-corrected chi connectivity index (χ4v) is 3.56. The molecule has 0 aliphatic carbocycles. The maximum atomic E-state index is 12.6. The molecular formula is C22H28N4O6. The molecule has 3 amide bonds. The van der Waals surface area contributed by atoms with Crippen LogP contribution in [0.2, 0.25) is 0 Å². The molecule has 0 saturated carbocycles. The van der Waals surface area contributed by atoms with E-state index in [-0.39, 0.29) is 37.9 Å². The van der Waals surface area contributed by atoms with Crippen LogP contribution in [0.1, 0.15) is 30.1 Å². The summed E-state index contributed by atoms with van der Waals surface area (Å²) in [5, 5.41) is 5.53. The van der Waals surface area contributed by atoms with E-state index < -0.39 is 30.3 Å². The number of esters is 1. The second kappa shape index (κ2) is 10.9. The highest BCUT2D eigenvalue weighted by Gasteiger charge is 2.37. The van der Waals surface area contributed by atoms with Crippen LogP contribution in [0, 0.1) is 0 Å². The van der Waals surface area contributed by atoms with Crippen molar-refractivity contribution in [3.05, 3.63) is 47.5 Å². The number of nitrogens with one attached hydrogen (secondary N) is 2. The van der Waals surface area contributed by atoms with E-state index in [1.54, 1.807) is 31.2 Å². The largest absolute Gasteiger partial charge is 0.433 e. The van der Waals surface area contributed by atoms with Crippen LogP contribution >= 0.6 is 0 Å². The van der Waals surface area contributed by atoms with Gasteiger partial charge in [0.15, 0.2) is 0 Å². The fourth-order valence-electron chi connectivity index (χ4n) is 3.56. The third kappa shape index (κ3) is 6.14. The topological polar surface area (TPSA) is 140 Å². The molecule has 0 spiro atoms. The molecule has 1 fully saturated rings. The quantitative estimate of drug-likeness (QED) is 0.369. The molecule has 1 aromatic carbocycles. The highest BCUT2D eigenvalue weighted by atomic mass is 16.7. The lowest BCUT2D eigenvalue weighted by molar-refractivity contribution is -0.164. The third-order valence-corrected chi connectivity index (χ3v) is 5.17. The van der Waals surface area contributed by atoms with Crippen LogP contribution in [0.15, 0.2) is 42.0 Å². The number of carbonyl (C=O) groups is 4. The Morgan fingerprint density at radius 2 is 2.00 bits per heavy atom. The number of hydrogen-bond acceptors (Lipinski definition) is 7. The normalized spacial score (nSPS) is 23.2. The molecule has 10 nitrogen and oxygen atoms in total. The van der Waals surface area contributed by atoms with E-state index in [1.807, 2.05) is 12.1 Å². The van der Waals surface area contributed by atoms with E-state index in [2.05, 4.69) is 10.6 Å². The number of cyclic esters (lactones) is 1. The average Bonchev–Trinajstić information content (AvgIpc) is 3.06. The summed E-state index contributed by atoms with van der Waals surface area (Å²) in [6.07, 6.45) is 1.29. The Balaban J connectivity index is 1.58. The molecule has 172 valence electrons. The monoisotopic (exact) mass is 444 g/mol. The van der Waals surface area contributed by atoms with Crippen molar-refractivity contribution in [2.75, 3.05) is 26.2 Å². The smallest absolute Gasteiger partial charge is 0.310 e. The number of amides is 3. The molecule has 32 heavy (non-hydrogen) atoms. The van der Waals surface area contributed by atoms with Crippen molar-refractivity contribution in [2.24, 2.45) is 5.73 Å². The lowest BCUT2D eigenvalue weighted by Crippen LogP contribution is -2.50. The number of carbonyl (C=O) groups excluding carboxylic acids is 4. The van der Waals surface area contributed by atoms with Gasteiger partial charge in [-0.1, -0.05) is 24.3 Å². The molecule has 2 aliphatic rings. The summed E-state index contributed by atoms with van der Waals surface area (Å²) in [5.74, 6) is -1.50. The van der Waals surface area contributed by atoms with E-state index in [4.69, 9.17) is 15.2 Å². The maximum Gasteiger partial charge on any atom is 0.310 e. The molecule has 0 aromatic heterocycles. The molecule has 1 aromatic rings. The second-order valence-corrected chi connectivity index (χ2v) is 7.64. The first kappa shape index (κ1) is 23.4. The van der Waals surface area contributed by atoms with E-state index in [0.29, 0.717) is 18.6 Å². The lowest BCUT2D eigenvalue weighted by Gasteiger charge is -2.25. The second-order valence-electron chi connectivity index (χ2n) is 7.64. The third-order valence-electron chi connectivity index (χ3n) is 5.17. The van der Waals surface area contributed by atoms with Crippen molar-refractivity contribution in [1.82, 2.24) is 15.5 Å². The van der Waals surface area contributed by atoms with Crippen molar-refractivity contribution < 1.29 is 28.7 Å². The van der Waals surface area contributed by atoms with Crippen LogP contribution in [-0.2, 0) is 23.9 Å². The van der Waals surface area contributed by atoms with Gasteiger partial charge in [-0.3, -0.25) is 19.2 Å². The maximum absolute atomic E-state index is 12.6. The van der Waals surface area contributed by atoms with Crippen molar-refractivity contribution in [3.8, 4) is 0 Å². The van der Waals surface area contributed by atoms with Gasteiger partial charge in [0.25, 0.3) is 5.91 Å². The number of ether oxygens (including phenoxy) is 2. The first-order valence-electron chi connectivity index (χ1n) is 10.5. The molecule has 3 rings (SSSR count). The minimum atomic E-state index is -0.845. The van der Waals surface area contributed by atoms with Gasteiger partial charge in [0.05, 0.1) is 19.0 Å². The zero-order valence-electron chi connectivity index (χ0n) is 17.9. The number of nitrogens with two attached hydrogens (primary N) is 1. The predicted octanol–water partition coefficient (Wildman–Crippen LogP) is -0.303. The van der Waals surface area contributed by atoms with Crippen LogP contribution in [0.25, 0.3) is 0 Å². The molecule has 3 unspecified atom stereocenters. The number of hydrogen-bond donors (Lipinski definition) is 3. The van der Waals surface area contributed by atoms with Crippen LogP contribution in [0.3, 0.4) is 0 Å². The molecule has 2 heterocycles. The van der Waals surface area contributed by atoms with Gasteiger partial charge in [0.2, 0.25) is 18.1 Å². The summed E-state index contributed by atoms with van der Waals surface area (Å²) in [6.45, 7) is 2.23. The van der Waals surface area contributed by atoms with Crippen LogP contribution < -0.4 is 16.4 Å². The van der Waals surface area contributed by atoms with E-state index in [9.17, 15) is 19.2 Å². The molecule has 3 atom stereocenters. The van der Waals surface area contributed by atoms with Crippen molar-refractivity contribution in [2.45, 2.75) is 38.1 Å². The average molecular weight is 444 g/mol. The SMILES string of the molecule is CCOC1OC(=O)CC1NC(=O)CN1CC(CNC(=O)c2ccccc2)=CCC(N)C1=O. The standard InChI is InChI=1S/C22H28N4O6/c1-2-31-22-17(10-19(28)32-22)25-18(27)13-26-12-14(8-9-16(23)21(26)30)11-24-20(29)15-6-4-3-5-7-15/h3-8,16-17,22H,2,9-13,23H2,1H3,(H,24,29)(H,25,27). The van der Waals surface area contributed by atoms with E-state index >= 15 is 0 Å². The summed E-state index contributed by atoms with van der Waals surface area (Å²) in [5.41, 5.74) is 7.26. The predicted molar refractivity (Wildman–Crippen MR) is 114 cm³/mol. The summed E-state index contributed by atoms with van der Waals surface area (Å²) >= 11 is 0. The Bertz CT molecular complexity index is 888. The van der Waals surface area contributed by atoms with Crippen molar-refractivity contribution >= 4 is 23.7 Å². The Kier molecular flexibility index (Phi) is 7.96. The summed E-state index contributed by atoms with van der Waals surface area (Å²) < 4.78 is 10.4. The van der Waals surface area contributed by atoms with Gasteiger partial charge >= 0.3 is 5.97 Å². The van der Waals surface area contributed by atoms with E-state index in [0.717, 1.165) is 5.57 Å². The molecule has 0 bridgehead atoms. The van der Waals surface area contributed by atoms with Gasteiger partial charge in [-0.15, -0.1) is 0 Å².